The fourth-order valence-electron chi connectivity index (χ4n) is 4.30. The Bertz CT molecular complexity index is 965. The molecule has 0 radical (unpaired) electrons. The van der Waals surface area contributed by atoms with E-state index in [1.165, 1.54) is 7.11 Å². The number of esters is 1. The fraction of sp³-hybridized carbons (Fsp3) is 0.318. The quantitative estimate of drug-likeness (QED) is 0.765. The molecule has 0 aromatic heterocycles. The van der Waals surface area contributed by atoms with Crippen molar-refractivity contribution in [1.82, 2.24) is 0 Å². The second kappa shape index (κ2) is 6.52. The molecular weight excluding hydrogens is 326 g/mol. The van der Waals surface area contributed by atoms with E-state index >= 15 is 0 Å². The predicted molar refractivity (Wildman–Crippen MR) is 101 cm³/mol. The van der Waals surface area contributed by atoms with Gasteiger partial charge in [-0.3, -0.25) is 14.6 Å². The van der Waals surface area contributed by atoms with E-state index < -0.39 is 5.92 Å². The number of rotatable bonds is 2. The molecule has 0 N–H and O–H groups in total. The lowest BCUT2D eigenvalue weighted by Gasteiger charge is -2.34. The van der Waals surface area contributed by atoms with Crippen molar-refractivity contribution in [3.63, 3.8) is 0 Å². The normalized spacial score (nSPS) is 22.8. The van der Waals surface area contributed by atoms with Crippen LogP contribution in [-0.4, -0.2) is 24.6 Å². The van der Waals surface area contributed by atoms with Crippen molar-refractivity contribution >= 4 is 28.2 Å². The molecule has 132 valence electrons. The molecule has 1 aliphatic carbocycles. The number of hydrogen-bond donors (Lipinski definition) is 0. The maximum absolute atomic E-state index is 12.8. The predicted octanol–water partition coefficient (Wildman–Crippen LogP) is 4.19. The van der Waals surface area contributed by atoms with Gasteiger partial charge in [-0.1, -0.05) is 42.5 Å². The number of allylic oxidation sites excluding steroid dienone is 2. The maximum Gasteiger partial charge on any atom is 0.315 e. The van der Waals surface area contributed by atoms with Gasteiger partial charge in [0.15, 0.2) is 5.78 Å². The van der Waals surface area contributed by atoms with Crippen LogP contribution in [0.25, 0.3) is 10.8 Å². The smallest absolute Gasteiger partial charge is 0.315 e. The first-order valence-corrected chi connectivity index (χ1v) is 8.98. The number of ether oxygens (including phenoxy) is 1. The van der Waals surface area contributed by atoms with Crippen molar-refractivity contribution in [1.29, 1.82) is 0 Å². The number of aliphatic imine (C=N–C) groups is 1. The summed E-state index contributed by atoms with van der Waals surface area (Å²) in [6.45, 7) is 1.86. The van der Waals surface area contributed by atoms with Crippen molar-refractivity contribution in [2.45, 2.75) is 32.1 Å². The summed E-state index contributed by atoms with van der Waals surface area (Å²) < 4.78 is 5.09. The van der Waals surface area contributed by atoms with Crippen LogP contribution in [0.15, 0.2) is 58.7 Å². The van der Waals surface area contributed by atoms with Crippen LogP contribution in [0, 0.1) is 5.92 Å². The van der Waals surface area contributed by atoms with Crippen molar-refractivity contribution < 1.29 is 14.3 Å². The number of benzene rings is 2. The molecule has 0 saturated heterocycles. The van der Waals surface area contributed by atoms with Gasteiger partial charge in [0.1, 0.15) is 5.92 Å². The monoisotopic (exact) mass is 347 g/mol. The second-order valence-corrected chi connectivity index (χ2v) is 6.94. The van der Waals surface area contributed by atoms with Gasteiger partial charge in [-0.15, -0.1) is 0 Å². The lowest BCUT2D eigenvalue weighted by atomic mass is 9.71. The topological polar surface area (TPSA) is 55.7 Å². The first-order chi connectivity index (χ1) is 12.6. The van der Waals surface area contributed by atoms with Gasteiger partial charge in [-0.25, -0.2) is 0 Å². The largest absolute Gasteiger partial charge is 0.468 e. The van der Waals surface area contributed by atoms with E-state index in [-0.39, 0.29) is 17.7 Å². The Morgan fingerprint density at radius 3 is 2.69 bits per heavy atom. The van der Waals surface area contributed by atoms with Gasteiger partial charge < -0.3 is 4.74 Å². The lowest BCUT2D eigenvalue weighted by Crippen LogP contribution is -2.37. The summed E-state index contributed by atoms with van der Waals surface area (Å²) in [5, 5.41) is 2.16. The summed E-state index contributed by atoms with van der Waals surface area (Å²) in [7, 11) is 1.39. The van der Waals surface area contributed by atoms with E-state index in [0.29, 0.717) is 12.0 Å². The molecule has 0 spiro atoms. The lowest BCUT2D eigenvalue weighted by molar-refractivity contribution is -0.143. The van der Waals surface area contributed by atoms with Crippen LogP contribution in [0.4, 0.5) is 0 Å². The Kier molecular flexibility index (Phi) is 4.19. The molecule has 1 unspecified atom stereocenters. The second-order valence-electron chi connectivity index (χ2n) is 6.94. The number of methoxy groups -OCH3 is 1. The molecule has 26 heavy (non-hydrogen) atoms. The van der Waals surface area contributed by atoms with E-state index in [0.717, 1.165) is 40.6 Å². The zero-order valence-corrected chi connectivity index (χ0v) is 15.0. The maximum atomic E-state index is 12.8. The van der Waals surface area contributed by atoms with Gasteiger partial charge in [0.2, 0.25) is 0 Å². The summed E-state index contributed by atoms with van der Waals surface area (Å²) in [6.07, 6.45) is 2.12. The van der Waals surface area contributed by atoms with Gasteiger partial charge in [0.05, 0.1) is 7.11 Å². The highest BCUT2D eigenvalue weighted by atomic mass is 16.5. The molecule has 0 amide bonds. The van der Waals surface area contributed by atoms with Gasteiger partial charge in [0.25, 0.3) is 0 Å². The molecule has 4 nitrogen and oxygen atoms in total. The fourth-order valence-corrected chi connectivity index (χ4v) is 4.30. The molecule has 0 saturated carbocycles. The standard InChI is InChI=1S/C22H21NO3/c1-13-19(22(25)26-2)20(21-17(23-13)11-6-12-18(21)24)16-10-5-8-14-7-3-4-9-15(14)16/h3-5,7-10,19-20H,6,11-12H2,1-2H3/t19?,20-/m1/s1. The third kappa shape index (κ3) is 2.57. The first kappa shape index (κ1) is 16.7. The van der Waals surface area contributed by atoms with Crippen molar-refractivity contribution in [3.05, 3.63) is 59.3 Å². The van der Waals surface area contributed by atoms with E-state index in [1.54, 1.807) is 0 Å². The van der Waals surface area contributed by atoms with Gasteiger partial charge in [-0.2, -0.15) is 0 Å². The van der Waals surface area contributed by atoms with E-state index in [4.69, 9.17) is 4.74 Å². The average molecular weight is 347 g/mol. The minimum Gasteiger partial charge on any atom is -0.468 e. The first-order valence-electron chi connectivity index (χ1n) is 8.98. The Hall–Kier alpha value is -2.75. The summed E-state index contributed by atoms with van der Waals surface area (Å²) in [4.78, 5) is 30.1. The van der Waals surface area contributed by atoms with E-state index in [9.17, 15) is 9.59 Å². The Balaban J connectivity index is 1.99. The van der Waals surface area contributed by atoms with Crippen molar-refractivity contribution in [2.75, 3.05) is 7.11 Å². The highest BCUT2D eigenvalue weighted by Gasteiger charge is 2.43. The summed E-state index contributed by atoms with van der Waals surface area (Å²) >= 11 is 0. The van der Waals surface area contributed by atoms with Crippen molar-refractivity contribution in [2.24, 2.45) is 10.9 Å². The van der Waals surface area contributed by atoms with Crippen LogP contribution < -0.4 is 0 Å². The number of carbonyl (C=O) groups is 2. The number of hydrogen-bond acceptors (Lipinski definition) is 4. The molecule has 2 aromatic carbocycles. The zero-order valence-electron chi connectivity index (χ0n) is 15.0. The van der Waals surface area contributed by atoms with Crippen LogP contribution in [0.5, 0.6) is 0 Å². The Labute approximate surface area is 152 Å². The molecule has 2 atom stereocenters. The molecule has 4 rings (SSSR count). The molecule has 0 bridgehead atoms. The molecular formula is C22H21NO3. The molecule has 0 fully saturated rings. The highest BCUT2D eigenvalue weighted by molar-refractivity contribution is 6.09. The van der Waals surface area contributed by atoms with Crippen molar-refractivity contribution in [3.8, 4) is 0 Å². The number of carbonyl (C=O) groups excluding carboxylic acids is 2. The summed E-state index contributed by atoms with van der Waals surface area (Å²) in [5.74, 6) is -1.14. The Morgan fingerprint density at radius 2 is 1.88 bits per heavy atom. The SMILES string of the molecule is COC(=O)C1C(C)=NC2=C(C(=O)CCC2)[C@@H]1c1cccc2ccccc12. The minimum absolute atomic E-state index is 0.106. The molecule has 2 aliphatic rings. The van der Waals surface area contributed by atoms with Gasteiger partial charge in [0, 0.05) is 29.3 Å². The molecule has 4 heteroatoms. The number of Topliss-reactive ketones (excluding diaryl/α,β-unsaturated/α-hetero) is 1. The van der Waals surface area contributed by atoms with Crippen LogP contribution in [0.2, 0.25) is 0 Å². The van der Waals surface area contributed by atoms with Gasteiger partial charge >= 0.3 is 5.97 Å². The zero-order chi connectivity index (χ0) is 18.3. The van der Waals surface area contributed by atoms with E-state index in [1.807, 2.05) is 49.4 Å². The number of nitrogens with zero attached hydrogens (tertiary/aromatic N) is 1. The highest BCUT2D eigenvalue weighted by Crippen LogP contribution is 2.45. The average Bonchev–Trinajstić information content (AvgIpc) is 2.66. The minimum atomic E-state index is -0.563. The van der Waals surface area contributed by atoms with Crippen LogP contribution in [0.3, 0.4) is 0 Å². The van der Waals surface area contributed by atoms with E-state index in [2.05, 4.69) is 4.99 Å². The Morgan fingerprint density at radius 1 is 1.12 bits per heavy atom. The molecule has 2 aromatic rings. The molecule has 1 aliphatic heterocycles. The summed E-state index contributed by atoms with van der Waals surface area (Å²) in [6, 6.07) is 14.1. The number of ketones is 1. The van der Waals surface area contributed by atoms with Gasteiger partial charge in [-0.05, 0) is 36.1 Å². The third-order valence-electron chi connectivity index (χ3n) is 5.45. The van der Waals surface area contributed by atoms with Crippen LogP contribution in [0.1, 0.15) is 37.7 Å². The van der Waals surface area contributed by atoms with Crippen LogP contribution in [-0.2, 0) is 14.3 Å². The van der Waals surface area contributed by atoms with Crippen LogP contribution >= 0.6 is 0 Å². The number of fused-ring (bicyclic) bond motifs is 1. The molecule has 1 heterocycles. The third-order valence-corrected chi connectivity index (χ3v) is 5.45. The summed E-state index contributed by atoms with van der Waals surface area (Å²) in [5.41, 5.74) is 3.27.